The van der Waals surface area contributed by atoms with Crippen LogP contribution in [0.1, 0.15) is 54.1 Å². The van der Waals surface area contributed by atoms with Crippen molar-refractivity contribution >= 4 is 44.9 Å². The van der Waals surface area contributed by atoms with E-state index in [0.717, 1.165) is 28.6 Å². The smallest absolute Gasteiger partial charge is 0.261 e. The highest BCUT2D eigenvalue weighted by molar-refractivity contribution is 9.10. The molecule has 0 aliphatic rings. The minimum absolute atomic E-state index is 0.255. The number of aryl methyl sites for hydroxylation is 2. The Hall–Kier alpha value is -1.92. The first-order valence-electron chi connectivity index (χ1n) is 9.52. The van der Waals surface area contributed by atoms with Gasteiger partial charge in [0.25, 0.3) is 5.91 Å². The van der Waals surface area contributed by atoms with Crippen molar-refractivity contribution in [1.82, 2.24) is 5.32 Å². The number of thiocarbonyl (C=S) groups is 1. The molecule has 2 N–H and O–H groups in total. The third-order valence-corrected chi connectivity index (χ3v) is 5.00. The van der Waals surface area contributed by atoms with Crippen LogP contribution in [0.15, 0.2) is 40.9 Å². The zero-order chi connectivity index (χ0) is 20.5. The number of unbranched alkanes of at least 4 members (excludes halogenated alkanes) is 3. The fraction of sp³-hybridized carbons (Fsp3) is 0.364. The number of benzene rings is 2. The molecule has 0 radical (unpaired) electrons. The van der Waals surface area contributed by atoms with Crippen molar-refractivity contribution in [3.63, 3.8) is 0 Å². The molecule has 0 saturated heterocycles. The van der Waals surface area contributed by atoms with Crippen molar-refractivity contribution in [1.29, 1.82) is 0 Å². The van der Waals surface area contributed by atoms with Crippen molar-refractivity contribution in [2.75, 3.05) is 11.9 Å². The molecule has 4 nitrogen and oxygen atoms in total. The molecule has 0 fully saturated rings. The van der Waals surface area contributed by atoms with E-state index in [2.05, 4.69) is 39.6 Å². The second-order valence-corrected chi connectivity index (χ2v) is 8.10. The first-order valence-corrected chi connectivity index (χ1v) is 10.7. The summed E-state index contributed by atoms with van der Waals surface area (Å²) in [5.41, 5.74) is 3.57. The van der Waals surface area contributed by atoms with Gasteiger partial charge in [0.05, 0.1) is 12.2 Å². The number of rotatable bonds is 8. The lowest BCUT2D eigenvalue weighted by molar-refractivity contribution is 0.0973. The first-order chi connectivity index (χ1) is 13.4. The second-order valence-electron chi connectivity index (χ2n) is 6.78. The van der Waals surface area contributed by atoms with Gasteiger partial charge in [0.1, 0.15) is 5.75 Å². The van der Waals surface area contributed by atoms with E-state index in [4.69, 9.17) is 17.0 Å². The third kappa shape index (κ3) is 6.91. The van der Waals surface area contributed by atoms with Gasteiger partial charge in [-0.05, 0) is 62.3 Å². The summed E-state index contributed by atoms with van der Waals surface area (Å²) in [6.45, 7) is 6.80. The molecule has 1 amide bonds. The molecule has 150 valence electrons. The minimum atomic E-state index is -0.299. The monoisotopic (exact) mass is 462 g/mol. The number of amides is 1. The van der Waals surface area contributed by atoms with E-state index >= 15 is 0 Å². The number of ether oxygens (including phenoxy) is 1. The Labute approximate surface area is 181 Å². The molecule has 28 heavy (non-hydrogen) atoms. The van der Waals surface area contributed by atoms with Gasteiger partial charge in [-0.15, -0.1) is 0 Å². The van der Waals surface area contributed by atoms with E-state index in [-0.39, 0.29) is 11.0 Å². The summed E-state index contributed by atoms with van der Waals surface area (Å²) in [5.74, 6) is 0.263. The van der Waals surface area contributed by atoms with Crippen LogP contribution in [0.2, 0.25) is 0 Å². The topological polar surface area (TPSA) is 50.4 Å². The number of hydrogen-bond acceptors (Lipinski definition) is 3. The summed E-state index contributed by atoms with van der Waals surface area (Å²) in [6, 6.07) is 11.4. The van der Waals surface area contributed by atoms with Gasteiger partial charge >= 0.3 is 0 Å². The van der Waals surface area contributed by atoms with Gasteiger partial charge in [0, 0.05) is 10.2 Å². The van der Waals surface area contributed by atoms with Gasteiger partial charge in [-0.2, -0.15) is 0 Å². The van der Waals surface area contributed by atoms with Crippen LogP contribution in [0.25, 0.3) is 0 Å². The lowest BCUT2D eigenvalue weighted by Gasteiger charge is -2.14. The van der Waals surface area contributed by atoms with Gasteiger partial charge in [-0.25, -0.2) is 0 Å². The van der Waals surface area contributed by atoms with Crippen molar-refractivity contribution in [3.8, 4) is 5.75 Å². The molecule has 6 heteroatoms. The predicted octanol–water partition coefficient (Wildman–Crippen LogP) is 6.15. The lowest BCUT2D eigenvalue weighted by atomic mass is 10.1. The molecule has 0 aliphatic carbocycles. The summed E-state index contributed by atoms with van der Waals surface area (Å²) < 4.78 is 6.66. The molecule has 0 aliphatic heterocycles. The zero-order valence-electron chi connectivity index (χ0n) is 16.6. The van der Waals surface area contributed by atoms with Crippen LogP contribution in [-0.2, 0) is 0 Å². The molecule has 0 aromatic heterocycles. The van der Waals surface area contributed by atoms with Crippen LogP contribution < -0.4 is 15.4 Å². The normalized spacial score (nSPS) is 10.4. The molecule has 0 atom stereocenters. The minimum Gasteiger partial charge on any atom is -0.493 e. The van der Waals surface area contributed by atoms with E-state index in [0.29, 0.717) is 17.9 Å². The molecular formula is C22H27BrN2O2S. The van der Waals surface area contributed by atoms with Gasteiger partial charge in [0.15, 0.2) is 5.11 Å². The van der Waals surface area contributed by atoms with Gasteiger partial charge in [-0.1, -0.05) is 59.8 Å². The quantitative estimate of drug-likeness (QED) is 0.364. The highest BCUT2D eigenvalue weighted by Crippen LogP contribution is 2.24. The van der Waals surface area contributed by atoms with E-state index in [1.54, 1.807) is 12.1 Å². The van der Waals surface area contributed by atoms with Crippen molar-refractivity contribution < 1.29 is 9.53 Å². The lowest BCUT2D eigenvalue weighted by Crippen LogP contribution is -2.34. The molecule has 2 aromatic carbocycles. The van der Waals surface area contributed by atoms with Crippen molar-refractivity contribution in [3.05, 3.63) is 57.6 Å². The maximum absolute atomic E-state index is 12.8. The summed E-state index contributed by atoms with van der Waals surface area (Å²) in [4.78, 5) is 12.8. The summed E-state index contributed by atoms with van der Waals surface area (Å²) in [5, 5.41) is 6.09. The average Bonchev–Trinajstić information content (AvgIpc) is 2.64. The highest BCUT2D eigenvalue weighted by atomic mass is 79.9. The van der Waals surface area contributed by atoms with Crippen LogP contribution in [-0.4, -0.2) is 17.6 Å². The molecule has 0 unspecified atom stereocenters. The Morgan fingerprint density at radius 3 is 2.61 bits per heavy atom. The molecule has 0 spiro atoms. The zero-order valence-corrected chi connectivity index (χ0v) is 19.0. The van der Waals surface area contributed by atoms with E-state index in [1.165, 1.54) is 18.4 Å². The molecule has 0 bridgehead atoms. The second kappa shape index (κ2) is 11.2. The molecule has 0 heterocycles. The van der Waals surface area contributed by atoms with Crippen LogP contribution >= 0.6 is 28.1 Å². The maximum Gasteiger partial charge on any atom is 0.261 e. The van der Waals surface area contributed by atoms with Crippen LogP contribution in [0.5, 0.6) is 5.75 Å². The predicted molar refractivity (Wildman–Crippen MR) is 123 cm³/mol. The Bertz CT molecular complexity index is 839. The SMILES string of the molecule is CCCCCCOc1ccc(Br)cc1C(=O)NC(=S)Nc1ccc(C)cc1C. The number of carbonyl (C=O) groups is 1. The Morgan fingerprint density at radius 2 is 1.89 bits per heavy atom. The van der Waals surface area contributed by atoms with E-state index < -0.39 is 0 Å². The number of carbonyl (C=O) groups excluding carboxylic acids is 1. The molecule has 2 aromatic rings. The van der Waals surface area contributed by atoms with E-state index in [1.807, 2.05) is 32.0 Å². The van der Waals surface area contributed by atoms with Crippen LogP contribution in [0.4, 0.5) is 5.69 Å². The number of hydrogen-bond donors (Lipinski definition) is 2. The number of halogens is 1. The number of nitrogens with one attached hydrogen (secondary N) is 2. The summed E-state index contributed by atoms with van der Waals surface area (Å²) >= 11 is 8.74. The van der Waals surface area contributed by atoms with Gasteiger partial charge in [0.2, 0.25) is 0 Å². The van der Waals surface area contributed by atoms with Crippen LogP contribution in [0, 0.1) is 13.8 Å². The van der Waals surface area contributed by atoms with Crippen molar-refractivity contribution in [2.45, 2.75) is 46.5 Å². The van der Waals surface area contributed by atoms with E-state index in [9.17, 15) is 4.79 Å². The molecule has 0 saturated carbocycles. The number of anilines is 1. The Balaban J connectivity index is 2.01. The summed E-state index contributed by atoms with van der Waals surface area (Å²) in [6.07, 6.45) is 4.46. The first kappa shape index (κ1) is 22.4. The fourth-order valence-corrected chi connectivity index (χ4v) is 3.36. The Morgan fingerprint density at radius 1 is 1.11 bits per heavy atom. The summed E-state index contributed by atoms with van der Waals surface area (Å²) in [7, 11) is 0. The fourth-order valence-electron chi connectivity index (χ4n) is 2.79. The van der Waals surface area contributed by atoms with Crippen molar-refractivity contribution in [2.24, 2.45) is 0 Å². The third-order valence-electron chi connectivity index (χ3n) is 4.30. The van der Waals surface area contributed by atoms with Gasteiger partial charge < -0.3 is 10.1 Å². The molecular weight excluding hydrogens is 436 g/mol. The largest absolute Gasteiger partial charge is 0.493 e. The standard InChI is InChI=1S/C22H27BrN2O2S/c1-4-5-6-7-12-27-20-11-9-17(23)14-18(20)21(26)25-22(28)24-19-10-8-15(2)13-16(19)3/h8-11,13-14H,4-7,12H2,1-3H3,(H2,24,25,26,28). The van der Waals surface area contributed by atoms with Crippen LogP contribution in [0.3, 0.4) is 0 Å². The Kier molecular flexibility index (Phi) is 8.93. The maximum atomic E-state index is 12.8. The average molecular weight is 463 g/mol. The van der Waals surface area contributed by atoms with Gasteiger partial charge in [-0.3, -0.25) is 10.1 Å². The molecule has 2 rings (SSSR count). The highest BCUT2D eigenvalue weighted by Gasteiger charge is 2.15.